The Bertz CT molecular complexity index is 987. The van der Waals surface area contributed by atoms with Crippen molar-refractivity contribution in [3.05, 3.63) is 53.4 Å². The number of nitrogens with one attached hydrogen (secondary N) is 1. The van der Waals surface area contributed by atoms with Gasteiger partial charge in [0.25, 0.3) is 0 Å². The Morgan fingerprint density at radius 2 is 2.10 bits per heavy atom. The van der Waals surface area contributed by atoms with Crippen LogP contribution in [0, 0.1) is 0 Å². The van der Waals surface area contributed by atoms with Crippen molar-refractivity contribution < 1.29 is 5.11 Å². The van der Waals surface area contributed by atoms with Crippen molar-refractivity contribution in [2.75, 3.05) is 7.05 Å². The largest absolute Gasteiger partial charge is 0.507 e. The van der Waals surface area contributed by atoms with E-state index in [0.29, 0.717) is 17.3 Å². The van der Waals surface area contributed by atoms with E-state index in [1.807, 2.05) is 39.0 Å². The highest BCUT2D eigenvalue weighted by atomic mass is 16.3. The number of rotatable bonds is 5. The topological polar surface area (TPSA) is 76.9 Å². The van der Waals surface area contributed by atoms with Crippen molar-refractivity contribution in [1.82, 2.24) is 15.1 Å². The molecule has 2 heterocycles. The normalized spacial score (nSPS) is 16.3. The van der Waals surface area contributed by atoms with Gasteiger partial charge >= 0.3 is 0 Å². The Morgan fingerprint density at radius 1 is 1.33 bits per heavy atom. The lowest BCUT2D eigenvalue weighted by Crippen LogP contribution is -2.43. The second-order valence-electron chi connectivity index (χ2n) is 7.26. The summed E-state index contributed by atoms with van der Waals surface area (Å²) in [5.74, 6) is 0.154. The Morgan fingerprint density at radius 3 is 2.67 bits per heavy atom. The van der Waals surface area contributed by atoms with Crippen molar-refractivity contribution in [2.45, 2.75) is 46.1 Å². The first-order valence-electron chi connectivity index (χ1n) is 10.4. The third-order valence-electron chi connectivity index (χ3n) is 5.54. The van der Waals surface area contributed by atoms with Gasteiger partial charge in [0.15, 0.2) is 0 Å². The number of aromatic amines is 1. The molecule has 0 atom stereocenters. The number of nitrogens with zero attached hydrogens (tertiary/aromatic N) is 4. The molecular formula is C23H29BN5O. The predicted octanol–water partition coefficient (Wildman–Crippen LogP) is 4.64. The van der Waals surface area contributed by atoms with Crippen molar-refractivity contribution in [2.24, 2.45) is 9.98 Å². The summed E-state index contributed by atoms with van der Waals surface area (Å²) in [6.45, 7) is 9.69. The molecular weight excluding hydrogens is 373 g/mol. The summed E-state index contributed by atoms with van der Waals surface area (Å²) in [6.07, 6.45) is 9.18. The van der Waals surface area contributed by atoms with Crippen LogP contribution >= 0.6 is 0 Å². The Hall–Kier alpha value is -3.09. The van der Waals surface area contributed by atoms with Crippen LogP contribution in [0.2, 0.25) is 0 Å². The average molecular weight is 402 g/mol. The molecule has 1 aliphatic heterocycles. The number of aromatic hydroxyl groups is 1. The molecule has 1 aromatic carbocycles. The molecule has 1 saturated carbocycles. The molecule has 2 aromatic rings. The SMILES string of the molecule is C=N/C(=C\C1=C(C)N=C(N(C)C2CCC2)[B]1)c1ccc(-c2cn[nH]c2)cc1O.CC. The molecule has 0 saturated heterocycles. The number of amidine groups is 1. The third-order valence-corrected chi connectivity index (χ3v) is 5.54. The number of hydrogen-bond donors (Lipinski definition) is 2. The summed E-state index contributed by atoms with van der Waals surface area (Å²) in [7, 11) is 4.18. The second kappa shape index (κ2) is 9.61. The number of phenolic OH excluding ortho intramolecular Hbond substituents is 1. The average Bonchev–Trinajstić information content (AvgIpc) is 3.37. The number of hydrogen-bond acceptors (Lipinski definition) is 5. The molecule has 1 aromatic heterocycles. The molecule has 1 aliphatic carbocycles. The first-order chi connectivity index (χ1) is 14.6. The van der Waals surface area contributed by atoms with Crippen LogP contribution in [0.15, 0.2) is 57.8 Å². The monoisotopic (exact) mass is 402 g/mol. The van der Waals surface area contributed by atoms with Crippen molar-refractivity contribution in [3.8, 4) is 16.9 Å². The minimum atomic E-state index is 0.154. The molecule has 7 heteroatoms. The summed E-state index contributed by atoms with van der Waals surface area (Å²) in [4.78, 5) is 11.1. The first-order valence-corrected chi connectivity index (χ1v) is 10.4. The molecule has 6 nitrogen and oxygen atoms in total. The van der Waals surface area contributed by atoms with Crippen LogP contribution in [-0.4, -0.2) is 53.0 Å². The van der Waals surface area contributed by atoms with Gasteiger partial charge in [0.2, 0.25) is 7.28 Å². The molecule has 0 spiro atoms. The van der Waals surface area contributed by atoms with E-state index in [0.717, 1.165) is 28.0 Å². The summed E-state index contributed by atoms with van der Waals surface area (Å²) in [6, 6.07) is 6.09. The highest BCUT2D eigenvalue weighted by molar-refractivity contribution is 6.82. The van der Waals surface area contributed by atoms with E-state index in [-0.39, 0.29) is 5.75 Å². The number of allylic oxidation sites excluding steroid dienone is 3. The summed E-state index contributed by atoms with van der Waals surface area (Å²) < 4.78 is 0. The zero-order valence-electron chi connectivity index (χ0n) is 18.2. The number of phenols is 1. The lowest BCUT2D eigenvalue weighted by molar-refractivity contribution is 0.244. The van der Waals surface area contributed by atoms with Crippen molar-refractivity contribution in [1.29, 1.82) is 0 Å². The van der Waals surface area contributed by atoms with Gasteiger partial charge in [-0.15, -0.1) is 0 Å². The van der Waals surface area contributed by atoms with Crippen LogP contribution in [0.3, 0.4) is 0 Å². The second-order valence-corrected chi connectivity index (χ2v) is 7.26. The lowest BCUT2D eigenvalue weighted by Gasteiger charge is -2.36. The van der Waals surface area contributed by atoms with Gasteiger partial charge in [-0.3, -0.25) is 15.1 Å². The molecule has 155 valence electrons. The van der Waals surface area contributed by atoms with E-state index in [4.69, 9.17) is 4.99 Å². The number of H-pyrrole nitrogens is 1. The van der Waals surface area contributed by atoms with Gasteiger partial charge < -0.3 is 10.0 Å². The zero-order valence-corrected chi connectivity index (χ0v) is 18.2. The van der Waals surface area contributed by atoms with Gasteiger partial charge in [-0.2, -0.15) is 5.10 Å². The van der Waals surface area contributed by atoms with Gasteiger partial charge in [-0.1, -0.05) is 25.4 Å². The Kier molecular flexibility index (Phi) is 6.93. The lowest BCUT2D eigenvalue weighted by atomic mass is 9.67. The van der Waals surface area contributed by atoms with E-state index in [1.165, 1.54) is 19.3 Å². The van der Waals surface area contributed by atoms with Crippen LogP contribution in [0.25, 0.3) is 16.8 Å². The standard InChI is InChI=1S/C21H23BN5O.C2H6/c1-13-18(22-21(26-13)27(3)16-5-4-6-16)10-19(23-2)17-8-7-14(9-20(17)28)15-11-24-25-12-15;1-2/h7-12,16,28H,2,4-6H2,1,3H3,(H,24,25);1-2H3/b19-10-;. The maximum Gasteiger partial charge on any atom is 0.242 e. The van der Waals surface area contributed by atoms with Gasteiger partial charge in [-0.05, 0) is 56.7 Å². The van der Waals surface area contributed by atoms with Gasteiger partial charge in [0.1, 0.15) is 5.75 Å². The molecule has 30 heavy (non-hydrogen) atoms. The molecule has 1 fully saturated rings. The van der Waals surface area contributed by atoms with Crippen LogP contribution in [0.5, 0.6) is 5.75 Å². The van der Waals surface area contributed by atoms with Gasteiger partial charge in [0.05, 0.1) is 17.6 Å². The molecule has 0 amide bonds. The minimum absolute atomic E-state index is 0.154. The zero-order chi connectivity index (χ0) is 21.7. The van der Waals surface area contributed by atoms with Crippen LogP contribution in [0.4, 0.5) is 0 Å². The smallest absolute Gasteiger partial charge is 0.242 e. The fourth-order valence-corrected chi connectivity index (χ4v) is 3.49. The summed E-state index contributed by atoms with van der Waals surface area (Å²) in [5, 5.41) is 17.3. The van der Waals surface area contributed by atoms with Crippen LogP contribution < -0.4 is 0 Å². The molecule has 4 rings (SSSR count). The molecule has 2 N–H and O–H groups in total. The van der Waals surface area contributed by atoms with E-state index in [1.54, 1.807) is 18.5 Å². The minimum Gasteiger partial charge on any atom is -0.507 e. The van der Waals surface area contributed by atoms with Crippen LogP contribution in [0.1, 0.15) is 45.6 Å². The van der Waals surface area contributed by atoms with E-state index >= 15 is 0 Å². The summed E-state index contributed by atoms with van der Waals surface area (Å²) >= 11 is 0. The predicted molar refractivity (Wildman–Crippen MR) is 126 cm³/mol. The molecule has 0 bridgehead atoms. The molecule has 1 radical (unpaired) electrons. The maximum absolute atomic E-state index is 10.6. The van der Waals surface area contributed by atoms with E-state index in [9.17, 15) is 5.11 Å². The molecule has 2 aliphatic rings. The fourth-order valence-electron chi connectivity index (χ4n) is 3.49. The first kappa shape index (κ1) is 21.6. The third kappa shape index (κ3) is 4.40. The van der Waals surface area contributed by atoms with Crippen molar-refractivity contribution >= 4 is 25.4 Å². The quantitative estimate of drug-likeness (QED) is 0.565. The van der Waals surface area contributed by atoms with E-state index < -0.39 is 0 Å². The maximum atomic E-state index is 10.6. The number of aliphatic imine (C=N–C) groups is 2. The Balaban J connectivity index is 0.00000124. The number of aromatic nitrogens is 2. The highest BCUT2D eigenvalue weighted by Crippen LogP contribution is 2.33. The highest BCUT2D eigenvalue weighted by Gasteiger charge is 2.27. The van der Waals surface area contributed by atoms with Crippen molar-refractivity contribution in [3.63, 3.8) is 0 Å². The summed E-state index contributed by atoms with van der Waals surface area (Å²) in [5.41, 5.74) is 5.96. The molecule has 0 unspecified atom stereocenters. The fraction of sp³-hybridized carbons (Fsp3) is 0.348. The van der Waals surface area contributed by atoms with Crippen LogP contribution in [-0.2, 0) is 0 Å². The number of benzene rings is 1. The van der Waals surface area contributed by atoms with Gasteiger partial charge in [-0.25, -0.2) is 0 Å². The van der Waals surface area contributed by atoms with Gasteiger partial charge in [0, 0.05) is 36.1 Å². The Labute approximate surface area is 179 Å². The van der Waals surface area contributed by atoms with E-state index in [2.05, 4.69) is 41.1 Å².